The van der Waals surface area contributed by atoms with E-state index in [0.717, 1.165) is 11.3 Å². The maximum atomic E-state index is 4.35. The molecule has 0 unspecified atom stereocenters. The van der Waals surface area contributed by atoms with E-state index < -0.39 is 0 Å². The summed E-state index contributed by atoms with van der Waals surface area (Å²) in [6, 6.07) is 9.76. The van der Waals surface area contributed by atoms with Gasteiger partial charge in [0.25, 0.3) is 0 Å². The molecule has 2 N–H and O–H groups in total. The van der Waals surface area contributed by atoms with Gasteiger partial charge in [-0.1, -0.05) is 30.3 Å². The molecule has 0 fully saturated rings. The number of nitrogens with one attached hydrogen (secondary N) is 2. The highest BCUT2D eigenvalue weighted by Gasteiger charge is 2.03. The molecule has 0 bridgehead atoms. The second-order valence-corrected chi connectivity index (χ2v) is 3.81. The van der Waals surface area contributed by atoms with Crippen molar-refractivity contribution in [3.8, 4) is 11.4 Å². The number of aromatic amines is 1. The van der Waals surface area contributed by atoms with Crippen LogP contribution in [0.25, 0.3) is 11.4 Å². The van der Waals surface area contributed by atoms with Gasteiger partial charge in [0, 0.05) is 5.56 Å². The molecule has 7 heteroatoms. The van der Waals surface area contributed by atoms with Gasteiger partial charge in [-0.05, 0) is 0 Å². The van der Waals surface area contributed by atoms with Gasteiger partial charge in [-0.3, -0.25) is 0 Å². The topological polar surface area (TPSA) is 92.3 Å². The van der Waals surface area contributed by atoms with Crippen LogP contribution in [-0.2, 0) is 6.54 Å². The van der Waals surface area contributed by atoms with Gasteiger partial charge in [0.2, 0.25) is 5.95 Å². The Labute approximate surface area is 109 Å². The maximum absolute atomic E-state index is 4.35. The first kappa shape index (κ1) is 11.3. The molecule has 0 atom stereocenters. The molecule has 0 aliphatic heterocycles. The molecule has 19 heavy (non-hydrogen) atoms. The van der Waals surface area contributed by atoms with Gasteiger partial charge in [0.15, 0.2) is 5.82 Å². The molecule has 94 valence electrons. The Morgan fingerprint density at radius 2 is 2.00 bits per heavy atom. The number of H-pyrrole nitrogens is 1. The number of rotatable bonds is 4. The molecule has 0 saturated heterocycles. The van der Waals surface area contributed by atoms with Gasteiger partial charge in [-0.15, -0.1) is 0 Å². The molecule has 0 spiro atoms. The van der Waals surface area contributed by atoms with Crippen molar-refractivity contribution in [3.63, 3.8) is 0 Å². The third kappa shape index (κ3) is 2.71. The summed E-state index contributed by atoms with van der Waals surface area (Å²) >= 11 is 0. The molecule has 7 nitrogen and oxygen atoms in total. The smallest absolute Gasteiger partial charge is 0.226 e. The number of nitrogens with zero attached hydrogens (tertiary/aromatic N) is 5. The van der Waals surface area contributed by atoms with Gasteiger partial charge >= 0.3 is 0 Å². The fraction of sp³-hybridized carbons (Fsp3) is 0.0833. The highest BCUT2D eigenvalue weighted by Crippen LogP contribution is 2.14. The zero-order valence-electron chi connectivity index (χ0n) is 9.98. The molecule has 0 saturated carbocycles. The summed E-state index contributed by atoms with van der Waals surface area (Å²) in [6.07, 6.45) is 3.13. The third-order valence-electron chi connectivity index (χ3n) is 2.50. The van der Waals surface area contributed by atoms with Gasteiger partial charge in [0.05, 0.1) is 12.7 Å². The van der Waals surface area contributed by atoms with Crippen molar-refractivity contribution < 1.29 is 0 Å². The zero-order valence-corrected chi connectivity index (χ0v) is 9.98. The predicted molar refractivity (Wildman–Crippen MR) is 69.0 cm³/mol. The minimum absolute atomic E-state index is 0.509. The van der Waals surface area contributed by atoms with Crippen molar-refractivity contribution in [3.05, 3.63) is 48.5 Å². The van der Waals surface area contributed by atoms with Crippen LogP contribution in [0.2, 0.25) is 0 Å². The van der Waals surface area contributed by atoms with E-state index in [-0.39, 0.29) is 0 Å². The van der Waals surface area contributed by atoms with E-state index in [4.69, 9.17) is 0 Å². The quantitative estimate of drug-likeness (QED) is 0.727. The summed E-state index contributed by atoms with van der Waals surface area (Å²) in [4.78, 5) is 12.6. The van der Waals surface area contributed by atoms with Crippen LogP contribution in [0.5, 0.6) is 0 Å². The minimum atomic E-state index is 0.509. The highest BCUT2D eigenvalue weighted by molar-refractivity contribution is 5.55. The van der Waals surface area contributed by atoms with E-state index >= 15 is 0 Å². The average molecular weight is 253 g/mol. The Balaban J connectivity index is 1.77. The van der Waals surface area contributed by atoms with Crippen LogP contribution >= 0.6 is 0 Å². The van der Waals surface area contributed by atoms with Crippen LogP contribution in [0.4, 0.5) is 5.95 Å². The number of anilines is 1. The summed E-state index contributed by atoms with van der Waals surface area (Å²) in [6.45, 7) is 0.509. The largest absolute Gasteiger partial charge is 0.348 e. The van der Waals surface area contributed by atoms with E-state index in [1.807, 2.05) is 30.3 Å². The molecule has 3 rings (SSSR count). The second-order valence-electron chi connectivity index (χ2n) is 3.81. The maximum Gasteiger partial charge on any atom is 0.226 e. The standard InChI is InChI=1S/C12H11N7/c1-2-4-9(5-3-1)11-14-8-15-12(17-11)13-6-10-7-16-19-18-10/h1-5,7-8H,6H2,(H,16,18,19)(H,13,14,15,17). The number of hydrogen-bond donors (Lipinski definition) is 2. The molecule has 3 aromatic rings. The van der Waals surface area contributed by atoms with Crippen molar-refractivity contribution in [2.45, 2.75) is 6.54 Å². The summed E-state index contributed by atoms with van der Waals surface area (Å²) in [7, 11) is 0. The van der Waals surface area contributed by atoms with Crippen molar-refractivity contribution in [1.82, 2.24) is 30.4 Å². The first-order valence-corrected chi connectivity index (χ1v) is 5.75. The van der Waals surface area contributed by atoms with Crippen LogP contribution in [-0.4, -0.2) is 30.4 Å². The van der Waals surface area contributed by atoms with Crippen LogP contribution in [0.3, 0.4) is 0 Å². The van der Waals surface area contributed by atoms with Crippen molar-refractivity contribution >= 4 is 5.95 Å². The molecule has 1 aromatic carbocycles. The lowest BCUT2D eigenvalue weighted by Gasteiger charge is -2.04. The van der Waals surface area contributed by atoms with Crippen LogP contribution in [0.15, 0.2) is 42.9 Å². The van der Waals surface area contributed by atoms with Crippen molar-refractivity contribution in [2.75, 3.05) is 5.32 Å². The Kier molecular flexibility index (Phi) is 3.09. The Hall–Kier alpha value is -2.83. The van der Waals surface area contributed by atoms with E-state index in [0.29, 0.717) is 18.3 Å². The third-order valence-corrected chi connectivity index (χ3v) is 2.50. The van der Waals surface area contributed by atoms with Crippen molar-refractivity contribution in [2.24, 2.45) is 0 Å². The first-order valence-electron chi connectivity index (χ1n) is 5.75. The van der Waals surface area contributed by atoms with Gasteiger partial charge in [-0.25, -0.2) is 9.97 Å². The summed E-state index contributed by atoms with van der Waals surface area (Å²) in [5, 5.41) is 13.3. The van der Waals surface area contributed by atoms with Crippen LogP contribution < -0.4 is 5.32 Å². The molecule has 2 aromatic heterocycles. The summed E-state index contributed by atoms with van der Waals surface area (Å²) in [5.41, 5.74) is 1.75. The Bertz CT molecular complexity index is 636. The van der Waals surface area contributed by atoms with Gasteiger partial charge < -0.3 is 5.32 Å². The lowest BCUT2D eigenvalue weighted by molar-refractivity contribution is 0.904. The summed E-state index contributed by atoms with van der Waals surface area (Å²) in [5.74, 6) is 1.15. The minimum Gasteiger partial charge on any atom is -0.348 e. The first-order chi connectivity index (χ1) is 9.42. The normalized spacial score (nSPS) is 10.3. The van der Waals surface area contributed by atoms with Gasteiger partial charge in [0.1, 0.15) is 12.0 Å². The predicted octanol–water partition coefficient (Wildman–Crippen LogP) is 1.27. The van der Waals surface area contributed by atoms with Crippen molar-refractivity contribution in [1.29, 1.82) is 0 Å². The molecule has 0 aliphatic rings. The van der Waals surface area contributed by atoms with E-state index in [1.165, 1.54) is 6.33 Å². The molecular formula is C12H11N7. The number of hydrogen-bond acceptors (Lipinski definition) is 6. The van der Waals surface area contributed by atoms with Crippen LogP contribution in [0.1, 0.15) is 5.69 Å². The highest BCUT2D eigenvalue weighted by atomic mass is 15.3. The van der Waals surface area contributed by atoms with Gasteiger partial charge in [-0.2, -0.15) is 20.4 Å². The second kappa shape index (κ2) is 5.21. The Morgan fingerprint density at radius 1 is 1.11 bits per heavy atom. The fourth-order valence-electron chi connectivity index (χ4n) is 1.59. The van der Waals surface area contributed by atoms with E-state index in [1.54, 1.807) is 6.20 Å². The lowest BCUT2D eigenvalue weighted by Crippen LogP contribution is -2.05. The van der Waals surface area contributed by atoms with E-state index in [2.05, 4.69) is 35.7 Å². The van der Waals surface area contributed by atoms with Crippen LogP contribution in [0, 0.1) is 0 Å². The number of benzene rings is 1. The fourth-order valence-corrected chi connectivity index (χ4v) is 1.59. The molecule has 0 aliphatic carbocycles. The zero-order chi connectivity index (χ0) is 12.9. The van der Waals surface area contributed by atoms with E-state index in [9.17, 15) is 0 Å². The monoisotopic (exact) mass is 253 g/mol. The summed E-state index contributed by atoms with van der Waals surface area (Å²) < 4.78 is 0. The molecule has 0 amide bonds. The SMILES string of the molecule is c1ccc(-c2ncnc(NCc3cn[nH]n3)n2)cc1. The molecule has 0 radical (unpaired) electrons. The Morgan fingerprint density at radius 3 is 2.79 bits per heavy atom. The lowest BCUT2D eigenvalue weighted by atomic mass is 10.2. The average Bonchev–Trinajstić information content (AvgIpc) is 3.00. The number of aromatic nitrogens is 6. The molecular weight excluding hydrogens is 242 g/mol. The molecule has 2 heterocycles.